The highest BCUT2D eigenvalue weighted by Gasteiger charge is 2.17. The molecule has 2 saturated carbocycles. The molecular weight excluding hydrogens is 120 g/mol. The van der Waals surface area contributed by atoms with Crippen LogP contribution in [0, 0.1) is 11.8 Å². The summed E-state index contributed by atoms with van der Waals surface area (Å²) in [5.41, 5.74) is 0. The Morgan fingerprint density at radius 3 is 1.40 bits per heavy atom. The molecule has 2 aliphatic carbocycles. The Balaban J connectivity index is 1.68. The van der Waals surface area contributed by atoms with Gasteiger partial charge in [0, 0.05) is 0 Å². The molecule has 0 aromatic heterocycles. The summed E-state index contributed by atoms with van der Waals surface area (Å²) in [5.74, 6) is 1.87. The lowest BCUT2D eigenvalue weighted by Gasteiger charge is -1.77. The van der Waals surface area contributed by atoms with Crippen LogP contribution in [0.15, 0.2) is 24.3 Å². The summed E-state index contributed by atoms with van der Waals surface area (Å²) in [4.78, 5) is 0. The van der Waals surface area contributed by atoms with Crippen molar-refractivity contribution in [3.05, 3.63) is 24.3 Å². The predicted octanol–water partition coefficient (Wildman–Crippen LogP) is 2.92. The molecule has 0 radical (unpaired) electrons. The van der Waals surface area contributed by atoms with Crippen LogP contribution in [0.25, 0.3) is 0 Å². The van der Waals surface area contributed by atoms with Crippen molar-refractivity contribution in [1.29, 1.82) is 0 Å². The van der Waals surface area contributed by atoms with Crippen LogP contribution in [0.5, 0.6) is 0 Å². The van der Waals surface area contributed by atoms with Gasteiger partial charge in [0.05, 0.1) is 0 Å². The first-order valence-electron chi connectivity index (χ1n) is 4.30. The van der Waals surface area contributed by atoms with E-state index in [0.717, 1.165) is 11.8 Å². The van der Waals surface area contributed by atoms with Crippen LogP contribution >= 0.6 is 0 Å². The normalized spacial score (nSPS) is 26.8. The summed E-state index contributed by atoms with van der Waals surface area (Å²) in [6.45, 7) is 0. The van der Waals surface area contributed by atoms with Crippen LogP contribution in [0.3, 0.4) is 0 Å². The molecule has 2 aliphatic rings. The van der Waals surface area contributed by atoms with Crippen molar-refractivity contribution >= 4 is 0 Å². The Hall–Kier alpha value is -0.520. The Bertz CT molecular complexity index is 137. The van der Waals surface area contributed by atoms with Gasteiger partial charge in [0.2, 0.25) is 0 Å². The minimum absolute atomic E-state index is 0.934. The third kappa shape index (κ3) is 2.02. The van der Waals surface area contributed by atoms with Crippen LogP contribution in [0.4, 0.5) is 0 Å². The summed E-state index contributed by atoms with van der Waals surface area (Å²) < 4.78 is 0. The lowest BCUT2D eigenvalue weighted by molar-refractivity contribution is 1.11. The molecule has 10 heavy (non-hydrogen) atoms. The van der Waals surface area contributed by atoms with Gasteiger partial charge in [0.1, 0.15) is 0 Å². The molecule has 54 valence electrons. The molecule has 0 saturated heterocycles. The van der Waals surface area contributed by atoms with Crippen LogP contribution in [0.2, 0.25) is 0 Å². The predicted molar refractivity (Wildman–Crippen MR) is 43.7 cm³/mol. The van der Waals surface area contributed by atoms with E-state index >= 15 is 0 Å². The van der Waals surface area contributed by atoms with Crippen molar-refractivity contribution in [2.75, 3.05) is 0 Å². The van der Waals surface area contributed by atoms with E-state index in [1.807, 2.05) is 0 Å². The third-order valence-corrected chi connectivity index (χ3v) is 2.12. The van der Waals surface area contributed by atoms with E-state index in [2.05, 4.69) is 24.3 Å². The minimum atomic E-state index is 0.934. The largest absolute Gasteiger partial charge is 0.0814 e. The fourth-order valence-corrected chi connectivity index (χ4v) is 1.02. The fraction of sp³-hybridized carbons (Fsp3) is 0.600. The zero-order valence-corrected chi connectivity index (χ0v) is 6.29. The maximum Gasteiger partial charge on any atom is -0.0230 e. The van der Waals surface area contributed by atoms with E-state index in [9.17, 15) is 0 Å². The first kappa shape index (κ1) is 6.21. The van der Waals surface area contributed by atoms with Crippen LogP contribution in [-0.2, 0) is 0 Å². The van der Waals surface area contributed by atoms with Gasteiger partial charge in [0.25, 0.3) is 0 Å². The molecule has 0 heterocycles. The highest BCUT2D eigenvalue weighted by molar-refractivity contribution is 5.10. The molecule has 0 unspecified atom stereocenters. The molecule has 0 aromatic rings. The lowest BCUT2D eigenvalue weighted by atomic mass is 10.3. The van der Waals surface area contributed by atoms with Crippen molar-refractivity contribution in [3.8, 4) is 0 Å². The van der Waals surface area contributed by atoms with Gasteiger partial charge in [-0.3, -0.25) is 0 Å². The Kier molecular flexibility index (Phi) is 1.62. The number of hydrogen-bond acceptors (Lipinski definition) is 0. The molecule has 0 spiro atoms. The average Bonchev–Trinajstić information content (AvgIpc) is 2.77. The van der Waals surface area contributed by atoms with Gasteiger partial charge in [0.15, 0.2) is 0 Å². The molecule has 2 rings (SSSR count). The van der Waals surface area contributed by atoms with Crippen molar-refractivity contribution in [1.82, 2.24) is 0 Å². The highest BCUT2D eigenvalue weighted by atomic mass is 14.2. The van der Waals surface area contributed by atoms with Gasteiger partial charge < -0.3 is 0 Å². The quantitative estimate of drug-likeness (QED) is 0.520. The zero-order valence-electron chi connectivity index (χ0n) is 6.29. The molecule has 0 aromatic carbocycles. The number of hydrogen-bond donors (Lipinski definition) is 0. The van der Waals surface area contributed by atoms with Gasteiger partial charge in [-0.1, -0.05) is 24.3 Å². The number of allylic oxidation sites excluding steroid dienone is 4. The third-order valence-electron chi connectivity index (χ3n) is 2.12. The molecule has 0 atom stereocenters. The summed E-state index contributed by atoms with van der Waals surface area (Å²) >= 11 is 0. The van der Waals surface area contributed by atoms with Gasteiger partial charge in [-0.05, 0) is 37.5 Å². The second-order valence-corrected chi connectivity index (χ2v) is 3.44. The Labute approximate surface area is 62.6 Å². The minimum Gasteiger partial charge on any atom is -0.0814 e. The van der Waals surface area contributed by atoms with Gasteiger partial charge in [-0.2, -0.15) is 0 Å². The smallest absolute Gasteiger partial charge is 0.0230 e. The van der Waals surface area contributed by atoms with Crippen LogP contribution in [0.1, 0.15) is 25.7 Å². The average molecular weight is 134 g/mol. The Morgan fingerprint density at radius 1 is 0.700 bits per heavy atom. The topological polar surface area (TPSA) is 0 Å². The van der Waals surface area contributed by atoms with Gasteiger partial charge in [-0.25, -0.2) is 0 Å². The molecule has 0 heteroatoms. The van der Waals surface area contributed by atoms with E-state index in [4.69, 9.17) is 0 Å². The highest BCUT2D eigenvalue weighted by Crippen LogP contribution is 2.31. The van der Waals surface area contributed by atoms with Crippen molar-refractivity contribution in [3.63, 3.8) is 0 Å². The summed E-state index contributed by atoms with van der Waals surface area (Å²) in [6.07, 6.45) is 14.8. The SMILES string of the molecule is C(/C=C/C1CC1)=C\C1CC1. The molecule has 0 bridgehead atoms. The lowest BCUT2D eigenvalue weighted by Crippen LogP contribution is -1.61. The fourth-order valence-electron chi connectivity index (χ4n) is 1.02. The maximum absolute atomic E-state index is 2.33. The first-order valence-corrected chi connectivity index (χ1v) is 4.30. The molecule has 2 fully saturated rings. The van der Waals surface area contributed by atoms with Gasteiger partial charge in [-0.15, -0.1) is 0 Å². The van der Waals surface area contributed by atoms with Crippen molar-refractivity contribution < 1.29 is 0 Å². The molecule has 0 amide bonds. The van der Waals surface area contributed by atoms with Crippen molar-refractivity contribution in [2.45, 2.75) is 25.7 Å². The molecule has 0 nitrogen and oxygen atoms in total. The van der Waals surface area contributed by atoms with E-state index in [0.29, 0.717) is 0 Å². The van der Waals surface area contributed by atoms with Crippen LogP contribution < -0.4 is 0 Å². The summed E-state index contributed by atoms with van der Waals surface area (Å²) in [7, 11) is 0. The maximum atomic E-state index is 2.33. The summed E-state index contributed by atoms with van der Waals surface area (Å²) in [5, 5.41) is 0. The molecule has 0 N–H and O–H groups in total. The van der Waals surface area contributed by atoms with Crippen LogP contribution in [-0.4, -0.2) is 0 Å². The second kappa shape index (κ2) is 2.61. The van der Waals surface area contributed by atoms with E-state index in [-0.39, 0.29) is 0 Å². The van der Waals surface area contributed by atoms with Crippen molar-refractivity contribution in [2.24, 2.45) is 11.8 Å². The standard InChI is InChI=1S/C10H14/c1(3-9-5-6-9)2-4-10-7-8-10/h1-4,9-10H,5-8H2/b3-1+,4-2+. The monoisotopic (exact) mass is 134 g/mol. The molecule has 0 aliphatic heterocycles. The Morgan fingerprint density at radius 2 is 1.10 bits per heavy atom. The van der Waals surface area contributed by atoms with E-state index in [1.54, 1.807) is 0 Å². The molecular formula is C10H14. The van der Waals surface area contributed by atoms with E-state index < -0.39 is 0 Å². The zero-order chi connectivity index (χ0) is 6.81. The summed E-state index contributed by atoms with van der Waals surface area (Å²) in [6, 6.07) is 0. The second-order valence-electron chi connectivity index (χ2n) is 3.44. The number of rotatable bonds is 3. The van der Waals surface area contributed by atoms with Gasteiger partial charge >= 0.3 is 0 Å². The van der Waals surface area contributed by atoms with E-state index in [1.165, 1.54) is 25.7 Å². The first-order chi connectivity index (χ1) is 4.95.